The number of nitrogens with zero attached hydrogens (tertiary/aromatic N) is 2. The first-order valence-corrected chi connectivity index (χ1v) is 10.2. The molecular formula is C20H29N3OS. The van der Waals surface area contributed by atoms with Gasteiger partial charge in [-0.15, -0.1) is 11.3 Å². The van der Waals surface area contributed by atoms with E-state index in [1.807, 2.05) is 0 Å². The normalized spacial score (nSPS) is 16.6. The van der Waals surface area contributed by atoms with Crippen LogP contribution in [0.15, 0.2) is 18.2 Å². The zero-order chi connectivity index (χ0) is 17.8. The van der Waals surface area contributed by atoms with Crippen LogP contribution in [0, 0.1) is 6.92 Å². The van der Waals surface area contributed by atoms with Crippen LogP contribution in [0.5, 0.6) is 5.75 Å². The Morgan fingerprint density at radius 1 is 1.28 bits per heavy atom. The van der Waals surface area contributed by atoms with E-state index >= 15 is 0 Å². The lowest BCUT2D eigenvalue weighted by molar-refractivity contribution is 0.189. The monoisotopic (exact) mass is 359 g/mol. The maximum absolute atomic E-state index is 6.18. The average Bonchev–Trinajstić information content (AvgIpc) is 2.96. The van der Waals surface area contributed by atoms with Gasteiger partial charge in [-0.1, -0.05) is 33.1 Å². The van der Waals surface area contributed by atoms with Gasteiger partial charge in [0, 0.05) is 17.0 Å². The smallest absolute Gasteiger partial charge is 0.180 e. The molecule has 0 aliphatic carbocycles. The van der Waals surface area contributed by atoms with E-state index in [1.54, 1.807) is 11.3 Å². The summed E-state index contributed by atoms with van der Waals surface area (Å²) in [4.78, 5) is 8.17. The first-order chi connectivity index (χ1) is 12.1. The molecule has 0 amide bonds. The molecule has 25 heavy (non-hydrogen) atoms. The van der Waals surface area contributed by atoms with Crippen molar-refractivity contribution in [3.8, 4) is 17.0 Å². The molecule has 0 spiro atoms. The summed E-state index contributed by atoms with van der Waals surface area (Å²) in [5.41, 5.74) is 9.20. The Morgan fingerprint density at radius 2 is 2.12 bits per heavy atom. The van der Waals surface area contributed by atoms with Crippen LogP contribution in [0.2, 0.25) is 0 Å². The average molecular weight is 360 g/mol. The number of aromatic nitrogens is 1. The van der Waals surface area contributed by atoms with E-state index in [4.69, 9.17) is 10.5 Å². The van der Waals surface area contributed by atoms with Gasteiger partial charge in [0.1, 0.15) is 11.9 Å². The second-order valence-electron chi connectivity index (χ2n) is 6.79. The number of aryl methyl sites for hydroxylation is 1. The van der Waals surface area contributed by atoms with Gasteiger partial charge in [-0.05, 0) is 38.0 Å². The highest BCUT2D eigenvalue weighted by atomic mass is 32.1. The van der Waals surface area contributed by atoms with Gasteiger partial charge in [-0.2, -0.15) is 0 Å². The van der Waals surface area contributed by atoms with Crippen LogP contribution in [-0.2, 0) is 0 Å². The fourth-order valence-electron chi connectivity index (χ4n) is 3.41. The number of unbranched alkanes of at least 4 members (excludes halogenated alkanes) is 3. The summed E-state index contributed by atoms with van der Waals surface area (Å²) in [6, 6.07) is 6.43. The van der Waals surface area contributed by atoms with Gasteiger partial charge in [-0.3, -0.25) is 0 Å². The SMILES string of the molecule is CCCCCCN1CC(CC)Oc2ccc(-c3nc(N)sc3C)cc21. The van der Waals surface area contributed by atoms with E-state index in [-0.39, 0.29) is 6.10 Å². The van der Waals surface area contributed by atoms with Gasteiger partial charge in [0.2, 0.25) is 0 Å². The molecular weight excluding hydrogens is 330 g/mol. The largest absolute Gasteiger partial charge is 0.486 e. The van der Waals surface area contributed by atoms with Crippen molar-refractivity contribution in [2.24, 2.45) is 0 Å². The van der Waals surface area contributed by atoms with Crippen molar-refractivity contribution >= 4 is 22.2 Å². The van der Waals surface area contributed by atoms with Crippen molar-refractivity contribution < 1.29 is 4.74 Å². The summed E-state index contributed by atoms with van der Waals surface area (Å²) < 4.78 is 6.18. The molecule has 5 heteroatoms. The molecule has 4 nitrogen and oxygen atoms in total. The lowest BCUT2D eigenvalue weighted by Gasteiger charge is -2.36. The molecule has 2 heterocycles. The number of nitrogen functional groups attached to an aromatic ring is 1. The van der Waals surface area contributed by atoms with Crippen molar-refractivity contribution in [2.45, 2.75) is 59.0 Å². The summed E-state index contributed by atoms with van der Waals surface area (Å²) in [5, 5.41) is 0.629. The molecule has 1 aromatic carbocycles. The van der Waals surface area contributed by atoms with E-state index in [0.29, 0.717) is 5.13 Å². The predicted octanol–water partition coefficient (Wildman–Crippen LogP) is 5.26. The molecule has 1 aromatic heterocycles. The van der Waals surface area contributed by atoms with Crippen LogP contribution in [0.4, 0.5) is 10.8 Å². The summed E-state index contributed by atoms with van der Waals surface area (Å²) in [6.45, 7) is 8.59. The minimum atomic E-state index is 0.279. The minimum Gasteiger partial charge on any atom is -0.486 e. The number of ether oxygens (including phenoxy) is 1. The number of nitrogens with two attached hydrogens (primary N) is 1. The molecule has 0 saturated carbocycles. The predicted molar refractivity (Wildman–Crippen MR) is 108 cm³/mol. The quantitative estimate of drug-likeness (QED) is 0.685. The first kappa shape index (κ1) is 18.1. The van der Waals surface area contributed by atoms with Gasteiger partial charge in [0.15, 0.2) is 5.13 Å². The lowest BCUT2D eigenvalue weighted by Crippen LogP contribution is -2.40. The Labute approximate surface area is 155 Å². The van der Waals surface area contributed by atoms with Gasteiger partial charge in [-0.25, -0.2) is 4.98 Å². The number of benzene rings is 1. The molecule has 0 radical (unpaired) electrons. The van der Waals surface area contributed by atoms with Gasteiger partial charge >= 0.3 is 0 Å². The van der Waals surface area contributed by atoms with E-state index in [2.05, 4.69) is 48.9 Å². The number of thiazole rings is 1. The third-order valence-corrected chi connectivity index (χ3v) is 5.64. The van der Waals surface area contributed by atoms with Gasteiger partial charge in [0.05, 0.1) is 17.9 Å². The van der Waals surface area contributed by atoms with E-state index in [9.17, 15) is 0 Å². The van der Waals surface area contributed by atoms with Crippen LogP contribution < -0.4 is 15.4 Å². The highest BCUT2D eigenvalue weighted by Gasteiger charge is 2.25. The van der Waals surface area contributed by atoms with Crippen molar-refractivity contribution in [2.75, 3.05) is 23.7 Å². The Morgan fingerprint density at radius 3 is 2.80 bits per heavy atom. The van der Waals surface area contributed by atoms with Crippen LogP contribution in [-0.4, -0.2) is 24.2 Å². The molecule has 2 N–H and O–H groups in total. The van der Waals surface area contributed by atoms with Gasteiger partial charge < -0.3 is 15.4 Å². The zero-order valence-electron chi connectivity index (χ0n) is 15.5. The maximum atomic E-state index is 6.18. The number of anilines is 2. The standard InChI is InChI=1S/C20H29N3OS/c1-4-6-7-8-11-23-13-16(5-2)24-18-10-9-15(12-17(18)23)19-14(3)25-20(21)22-19/h9-10,12,16H,4-8,11,13H2,1-3H3,(H2,21,22). The third kappa shape index (κ3) is 4.09. The zero-order valence-corrected chi connectivity index (χ0v) is 16.4. The topological polar surface area (TPSA) is 51.4 Å². The number of fused-ring (bicyclic) bond motifs is 1. The Bertz CT molecular complexity index is 713. The second-order valence-corrected chi connectivity index (χ2v) is 8.03. The molecule has 0 fully saturated rings. The Balaban J connectivity index is 1.87. The van der Waals surface area contributed by atoms with Crippen LogP contribution >= 0.6 is 11.3 Å². The Kier molecular flexibility index (Phi) is 5.84. The van der Waals surface area contributed by atoms with Crippen LogP contribution in [0.1, 0.15) is 50.8 Å². The van der Waals surface area contributed by atoms with Crippen LogP contribution in [0.25, 0.3) is 11.3 Å². The highest BCUT2D eigenvalue weighted by Crippen LogP contribution is 2.39. The Hall–Kier alpha value is -1.75. The molecule has 1 atom stereocenters. The summed E-state index contributed by atoms with van der Waals surface area (Å²) in [6.07, 6.45) is 6.42. The molecule has 2 aromatic rings. The van der Waals surface area contributed by atoms with Crippen molar-refractivity contribution in [1.82, 2.24) is 4.98 Å². The van der Waals surface area contributed by atoms with Gasteiger partial charge in [0.25, 0.3) is 0 Å². The van der Waals surface area contributed by atoms with Crippen molar-refractivity contribution in [1.29, 1.82) is 0 Å². The second kappa shape index (κ2) is 8.09. The van der Waals surface area contributed by atoms with Crippen molar-refractivity contribution in [3.05, 3.63) is 23.1 Å². The molecule has 1 aliphatic heterocycles. The molecule has 1 unspecified atom stereocenters. The molecule has 3 rings (SSSR count). The highest BCUT2D eigenvalue weighted by molar-refractivity contribution is 7.15. The van der Waals surface area contributed by atoms with E-state index < -0.39 is 0 Å². The van der Waals surface area contributed by atoms with E-state index in [1.165, 1.54) is 31.4 Å². The maximum Gasteiger partial charge on any atom is 0.180 e. The minimum absolute atomic E-state index is 0.279. The van der Waals surface area contributed by atoms with E-state index in [0.717, 1.165) is 41.4 Å². The fourth-order valence-corrected chi connectivity index (χ4v) is 4.12. The summed E-state index contributed by atoms with van der Waals surface area (Å²) in [7, 11) is 0. The van der Waals surface area contributed by atoms with Crippen LogP contribution in [0.3, 0.4) is 0 Å². The van der Waals surface area contributed by atoms with Crippen molar-refractivity contribution in [3.63, 3.8) is 0 Å². The number of hydrogen-bond acceptors (Lipinski definition) is 5. The number of rotatable bonds is 7. The molecule has 136 valence electrons. The summed E-state index contributed by atoms with van der Waals surface area (Å²) in [5.74, 6) is 0.998. The molecule has 1 aliphatic rings. The summed E-state index contributed by atoms with van der Waals surface area (Å²) >= 11 is 1.55. The molecule has 0 bridgehead atoms. The fraction of sp³-hybridized carbons (Fsp3) is 0.550. The number of hydrogen-bond donors (Lipinski definition) is 1. The lowest BCUT2D eigenvalue weighted by atomic mass is 10.1. The third-order valence-electron chi connectivity index (χ3n) is 4.84. The molecule has 0 saturated heterocycles. The first-order valence-electron chi connectivity index (χ1n) is 9.41.